The van der Waals surface area contributed by atoms with Crippen LogP contribution in [-0.4, -0.2) is 22.6 Å². The van der Waals surface area contributed by atoms with Crippen molar-refractivity contribution in [3.8, 4) is 34.4 Å². The molecule has 0 spiro atoms. The first kappa shape index (κ1) is 24.1. The van der Waals surface area contributed by atoms with E-state index < -0.39 is 0 Å². The van der Waals surface area contributed by atoms with E-state index >= 15 is 0 Å². The normalized spacial score (nSPS) is 14.1. The topological polar surface area (TPSA) is 28.3 Å². The minimum atomic E-state index is 0.0354. The maximum atomic E-state index is 6.84. The molecule has 0 aliphatic carbocycles. The fraction of sp³-hybridized carbons (Fsp3) is 0. The van der Waals surface area contributed by atoms with Crippen molar-refractivity contribution in [2.24, 2.45) is 0 Å². The van der Waals surface area contributed by atoms with Gasteiger partial charge in [0.1, 0.15) is 23.0 Å². The predicted molar refractivity (Wildman–Crippen MR) is 197 cm³/mol. The van der Waals surface area contributed by atoms with E-state index in [-0.39, 0.29) is 13.4 Å². The summed E-state index contributed by atoms with van der Waals surface area (Å²) < 4.78 is 18.6. The van der Waals surface area contributed by atoms with Crippen LogP contribution >= 0.6 is 0 Å². The van der Waals surface area contributed by atoms with Crippen molar-refractivity contribution in [3.63, 3.8) is 0 Å². The number of fused-ring (bicyclic) bond motifs is 14. The van der Waals surface area contributed by atoms with Crippen molar-refractivity contribution in [2.45, 2.75) is 0 Å². The van der Waals surface area contributed by atoms with Gasteiger partial charge in [-0.1, -0.05) is 91.0 Å². The molecule has 0 amide bonds. The molecule has 48 heavy (non-hydrogen) atoms. The Morgan fingerprint density at radius 3 is 1.35 bits per heavy atom. The molecule has 0 saturated carbocycles. The van der Waals surface area contributed by atoms with Gasteiger partial charge in [-0.15, -0.1) is 0 Å². The molecule has 6 heterocycles. The van der Waals surface area contributed by atoms with Gasteiger partial charge >= 0.3 is 0 Å². The fourth-order valence-corrected chi connectivity index (χ4v) is 9.69. The lowest BCUT2D eigenvalue weighted by atomic mass is 9.31. The van der Waals surface area contributed by atoms with E-state index in [1.165, 1.54) is 87.8 Å². The van der Waals surface area contributed by atoms with Crippen LogP contribution in [0, 0.1) is 0 Å². The fourth-order valence-electron chi connectivity index (χ4n) is 9.69. The third-order valence-corrected chi connectivity index (χ3v) is 11.4. The van der Waals surface area contributed by atoms with E-state index in [9.17, 15) is 0 Å². The Kier molecular flexibility index (Phi) is 4.04. The molecule has 0 fully saturated rings. The smallest absolute Gasteiger partial charge is 0.256 e. The number of aromatic nitrogens is 2. The monoisotopic (exact) mass is 608 g/mol. The summed E-state index contributed by atoms with van der Waals surface area (Å²) in [5, 5.41) is 5.14. The van der Waals surface area contributed by atoms with Gasteiger partial charge in [0, 0.05) is 50.0 Å². The number of hydrogen-bond donors (Lipinski definition) is 0. The second-order valence-electron chi connectivity index (χ2n) is 13.6. The van der Waals surface area contributed by atoms with Crippen LogP contribution in [0.3, 0.4) is 0 Å². The van der Waals surface area contributed by atoms with Gasteiger partial charge in [-0.2, -0.15) is 0 Å². The molecule has 0 unspecified atom stereocenters. The lowest BCUT2D eigenvalue weighted by Gasteiger charge is -2.36. The molecule has 13 rings (SSSR count). The van der Waals surface area contributed by atoms with Crippen LogP contribution < -0.4 is 42.3 Å². The zero-order valence-corrected chi connectivity index (χ0v) is 25.6. The molecule has 4 nitrogen and oxygen atoms in total. The first-order chi connectivity index (χ1) is 23.8. The van der Waals surface area contributed by atoms with E-state index in [0.29, 0.717) is 0 Å². The zero-order chi connectivity index (χ0) is 30.8. The van der Waals surface area contributed by atoms with Gasteiger partial charge in [0.25, 0.3) is 13.4 Å². The standard InChI is InChI=1S/C42H22B2N2O2/c1-3-15-31-23(9-1)25-11-5-13-27-41(25)45(31)33-17-7-19-35-39(33)43(27)29-21-30-38(22-37(29)47-35)48-36-20-8-18-34-40(36)44(30)28-14-6-12-26-24-10-2-4-16-32(24)46(34)42(26)28/h1-22H. The Bertz CT molecular complexity index is 2790. The average Bonchev–Trinajstić information content (AvgIpc) is 3.66. The third kappa shape index (κ3) is 2.61. The Labute approximate surface area is 275 Å². The van der Waals surface area contributed by atoms with Crippen molar-refractivity contribution >= 4 is 89.8 Å². The number of para-hydroxylation sites is 4. The molecule has 6 heteroatoms. The highest BCUT2D eigenvalue weighted by Gasteiger charge is 2.45. The largest absolute Gasteiger partial charge is 0.458 e. The summed E-state index contributed by atoms with van der Waals surface area (Å²) in [6, 6.07) is 48.7. The van der Waals surface area contributed by atoms with Gasteiger partial charge in [0.15, 0.2) is 0 Å². The van der Waals surface area contributed by atoms with Crippen LogP contribution in [0.4, 0.5) is 0 Å². The van der Waals surface area contributed by atoms with Gasteiger partial charge in [-0.25, -0.2) is 0 Å². The Balaban J connectivity index is 1.13. The van der Waals surface area contributed by atoms with Crippen molar-refractivity contribution in [3.05, 3.63) is 133 Å². The molecule has 0 bridgehead atoms. The van der Waals surface area contributed by atoms with E-state index in [2.05, 4.69) is 143 Å². The van der Waals surface area contributed by atoms with Crippen LogP contribution in [0.5, 0.6) is 23.0 Å². The van der Waals surface area contributed by atoms with Crippen LogP contribution in [0.2, 0.25) is 0 Å². The van der Waals surface area contributed by atoms with Gasteiger partial charge in [0.2, 0.25) is 0 Å². The van der Waals surface area contributed by atoms with Crippen LogP contribution in [0.15, 0.2) is 133 Å². The Morgan fingerprint density at radius 2 is 0.833 bits per heavy atom. The Hall–Kier alpha value is -6.13. The van der Waals surface area contributed by atoms with E-state index in [1.54, 1.807) is 0 Å². The summed E-state index contributed by atoms with van der Waals surface area (Å²) in [6.07, 6.45) is 0. The minimum absolute atomic E-state index is 0.0354. The molecule has 218 valence electrons. The molecule has 4 aliphatic heterocycles. The Morgan fingerprint density at radius 1 is 0.375 bits per heavy atom. The molecule has 0 radical (unpaired) electrons. The zero-order valence-electron chi connectivity index (χ0n) is 25.6. The molecule has 2 aromatic heterocycles. The minimum Gasteiger partial charge on any atom is -0.458 e. The molecule has 4 aliphatic rings. The SMILES string of the molecule is c1cc2c3c(c1)-n1c4ccccc4c4cccc(c41)B3c1cc3c(cc1O2)Oc1cccc2c1B3c1cccc3c4ccccc4n-2c13. The number of nitrogens with zero attached hydrogens (tertiary/aromatic N) is 2. The summed E-state index contributed by atoms with van der Waals surface area (Å²) in [4.78, 5) is 0. The summed E-state index contributed by atoms with van der Waals surface area (Å²) in [5.41, 5.74) is 14.9. The van der Waals surface area contributed by atoms with Gasteiger partial charge in [-0.3, -0.25) is 0 Å². The van der Waals surface area contributed by atoms with Crippen molar-refractivity contribution in [1.29, 1.82) is 0 Å². The quantitative estimate of drug-likeness (QED) is 0.205. The highest BCUT2D eigenvalue weighted by atomic mass is 16.5. The molecule has 0 N–H and O–H groups in total. The maximum absolute atomic E-state index is 6.84. The lowest BCUT2D eigenvalue weighted by molar-refractivity contribution is 0.465. The molecular formula is C42H22B2N2O2. The van der Waals surface area contributed by atoms with Crippen molar-refractivity contribution < 1.29 is 9.47 Å². The van der Waals surface area contributed by atoms with Gasteiger partial charge in [-0.05, 0) is 69.2 Å². The number of benzene rings is 7. The first-order valence-electron chi connectivity index (χ1n) is 16.7. The average molecular weight is 608 g/mol. The van der Waals surface area contributed by atoms with Crippen LogP contribution in [0.25, 0.3) is 55.0 Å². The van der Waals surface area contributed by atoms with E-state index in [0.717, 1.165) is 23.0 Å². The lowest BCUT2D eigenvalue weighted by Crippen LogP contribution is -2.62. The number of hydrogen-bond acceptors (Lipinski definition) is 2. The third-order valence-electron chi connectivity index (χ3n) is 11.4. The summed E-state index contributed by atoms with van der Waals surface area (Å²) >= 11 is 0. The maximum Gasteiger partial charge on any atom is 0.256 e. The van der Waals surface area contributed by atoms with Gasteiger partial charge in [0.05, 0.1) is 11.0 Å². The van der Waals surface area contributed by atoms with Gasteiger partial charge < -0.3 is 18.6 Å². The molecular weight excluding hydrogens is 586 g/mol. The summed E-state index contributed by atoms with van der Waals surface area (Å²) in [7, 11) is 0. The highest BCUT2D eigenvalue weighted by molar-refractivity contribution is 7.02. The molecule has 7 aromatic carbocycles. The second kappa shape index (κ2) is 8.04. The predicted octanol–water partition coefficient (Wildman–Crippen LogP) is 5.75. The van der Waals surface area contributed by atoms with Crippen molar-refractivity contribution in [2.75, 3.05) is 0 Å². The number of rotatable bonds is 0. The molecule has 9 aromatic rings. The second-order valence-corrected chi connectivity index (χ2v) is 13.6. The number of ether oxygens (including phenoxy) is 2. The van der Waals surface area contributed by atoms with Crippen molar-refractivity contribution in [1.82, 2.24) is 9.13 Å². The van der Waals surface area contributed by atoms with E-state index in [4.69, 9.17) is 9.47 Å². The van der Waals surface area contributed by atoms with E-state index in [1.807, 2.05) is 0 Å². The molecule has 0 saturated heterocycles. The highest BCUT2D eigenvalue weighted by Crippen LogP contribution is 2.40. The summed E-state index contributed by atoms with van der Waals surface area (Å²) in [6.45, 7) is 0.0708. The van der Waals surface area contributed by atoms with Crippen LogP contribution in [-0.2, 0) is 0 Å². The van der Waals surface area contributed by atoms with Crippen LogP contribution in [0.1, 0.15) is 0 Å². The summed E-state index contributed by atoms with van der Waals surface area (Å²) in [5.74, 6) is 3.56. The first-order valence-corrected chi connectivity index (χ1v) is 16.7. The molecule has 0 atom stereocenters.